The predicted molar refractivity (Wildman–Crippen MR) is 119 cm³/mol. The molecule has 0 unspecified atom stereocenters. The molecule has 0 saturated carbocycles. The number of ether oxygens (including phenoxy) is 6. The summed E-state index contributed by atoms with van der Waals surface area (Å²) in [4.78, 5) is 24.2. The summed E-state index contributed by atoms with van der Waals surface area (Å²) in [5.41, 5.74) is 0.922. The zero-order valence-electron chi connectivity index (χ0n) is 18.3. The average molecular weight is 466 g/mol. The van der Waals surface area contributed by atoms with Crippen molar-refractivity contribution in [3.8, 4) is 28.7 Å². The lowest BCUT2D eigenvalue weighted by atomic mass is 10.1. The number of hydrogen-bond donors (Lipinski definition) is 1. The molecule has 2 aromatic rings. The molecule has 0 aliphatic heterocycles. The molecule has 2 rings (SSSR count). The van der Waals surface area contributed by atoms with Crippen LogP contribution in [0.3, 0.4) is 0 Å². The van der Waals surface area contributed by atoms with Gasteiger partial charge in [-0.15, -0.1) is 0 Å². The van der Waals surface area contributed by atoms with E-state index in [1.807, 2.05) is 0 Å². The van der Waals surface area contributed by atoms with Gasteiger partial charge >= 0.3 is 5.97 Å². The monoisotopic (exact) mass is 465 g/mol. The van der Waals surface area contributed by atoms with Gasteiger partial charge in [0, 0.05) is 12.1 Å². The second kappa shape index (κ2) is 11.7. The van der Waals surface area contributed by atoms with E-state index in [0.717, 1.165) is 0 Å². The topological polar surface area (TPSA) is 102 Å². The van der Waals surface area contributed by atoms with Crippen LogP contribution in [0.25, 0.3) is 6.08 Å². The minimum Gasteiger partial charge on any atom is -0.495 e. The zero-order valence-corrected chi connectivity index (χ0v) is 19.1. The van der Waals surface area contributed by atoms with Crippen molar-refractivity contribution in [2.24, 2.45) is 0 Å². The molecule has 0 aliphatic rings. The second-order valence-electron chi connectivity index (χ2n) is 6.13. The Balaban J connectivity index is 2.01. The molecule has 172 valence electrons. The van der Waals surface area contributed by atoms with Gasteiger partial charge in [-0.2, -0.15) is 0 Å². The number of nitrogens with one attached hydrogen (secondary N) is 1. The van der Waals surface area contributed by atoms with Crippen molar-refractivity contribution in [1.29, 1.82) is 0 Å². The number of esters is 1. The van der Waals surface area contributed by atoms with Gasteiger partial charge < -0.3 is 33.7 Å². The van der Waals surface area contributed by atoms with Gasteiger partial charge in [0.1, 0.15) is 11.5 Å². The predicted octanol–water partition coefficient (Wildman–Crippen LogP) is 3.58. The highest BCUT2D eigenvalue weighted by atomic mass is 35.5. The Kier molecular flexibility index (Phi) is 9.03. The van der Waals surface area contributed by atoms with Crippen LogP contribution in [0, 0.1) is 0 Å². The van der Waals surface area contributed by atoms with Crippen LogP contribution < -0.4 is 29.0 Å². The Morgan fingerprint density at radius 3 is 1.97 bits per heavy atom. The van der Waals surface area contributed by atoms with Crippen molar-refractivity contribution < 1.29 is 38.0 Å². The molecule has 0 aromatic heterocycles. The summed E-state index contributed by atoms with van der Waals surface area (Å²) in [7, 11) is 7.37. The van der Waals surface area contributed by atoms with Gasteiger partial charge in [-0.1, -0.05) is 11.6 Å². The number of anilines is 1. The highest BCUT2D eigenvalue weighted by Gasteiger charge is 2.14. The van der Waals surface area contributed by atoms with E-state index in [4.69, 9.17) is 40.0 Å². The number of benzene rings is 2. The molecule has 0 spiro atoms. The molecule has 0 saturated heterocycles. The van der Waals surface area contributed by atoms with Crippen molar-refractivity contribution in [2.45, 2.75) is 0 Å². The van der Waals surface area contributed by atoms with E-state index in [1.54, 1.807) is 12.1 Å². The Morgan fingerprint density at radius 2 is 1.44 bits per heavy atom. The van der Waals surface area contributed by atoms with E-state index in [9.17, 15) is 9.59 Å². The molecular weight excluding hydrogens is 442 g/mol. The van der Waals surface area contributed by atoms with E-state index >= 15 is 0 Å². The lowest BCUT2D eigenvalue weighted by Gasteiger charge is -2.13. The third-order valence-corrected chi connectivity index (χ3v) is 4.49. The number of carbonyl (C=O) groups is 2. The lowest BCUT2D eigenvalue weighted by molar-refractivity contribution is -0.142. The summed E-state index contributed by atoms with van der Waals surface area (Å²) in [5.74, 6) is 0.754. The minimum absolute atomic E-state index is 0.286. The van der Waals surface area contributed by atoms with Gasteiger partial charge in [0.2, 0.25) is 5.75 Å². The van der Waals surface area contributed by atoms with Crippen LogP contribution in [0.5, 0.6) is 28.7 Å². The summed E-state index contributed by atoms with van der Waals surface area (Å²) in [6.07, 6.45) is 2.68. The van der Waals surface area contributed by atoms with Crippen molar-refractivity contribution >= 4 is 35.2 Å². The van der Waals surface area contributed by atoms with E-state index in [2.05, 4.69) is 5.32 Å². The fraction of sp³-hybridized carbons (Fsp3) is 0.273. The number of amides is 1. The number of carbonyl (C=O) groups excluding carboxylic acids is 2. The summed E-state index contributed by atoms with van der Waals surface area (Å²) in [5, 5.41) is 2.86. The maximum absolute atomic E-state index is 12.2. The Morgan fingerprint density at radius 1 is 0.844 bits per heavy atom. The van der Waals surface area contributed by atoms with Crippen LogP contribution in [0.15, 0.2) is 30.3 Å². The van der Waals surface area contributed by atoms with Gasteiger partial charge in [-0.25, -0.2) is 4.79 Å². The SMILES string of the molecule is COc1cc(OC)c(NC(=O)COC(=O)C=Cc2cc(OC)c(OC)c(OC)c2)cc1Cl. The van der Waals surface area contributed by atoms with Crippen LogP contribution in [-0.2, 0) is 14.3 Å². The summed E-state index contributed by atoms with van der Waals surface area (Å²) >= 11 is 6.08. The van der Waals surface area contributed by atoms with Gasteiger partial charge in [-0.3, -0.25) is 4.79 Å². The van der Waals surface area contributed by atoms with Gasteiger partial charge in [0.05, 0.1) is 46.3 Å². The van der Waals surface area contributed by atoms with Crippen LogP contribution in [0.1, 0.15) is 5.56 Å². The first-order valence-corrected chi connectivity index (χ1v) is 9.60. The van der Waals surface area contributed by atoms with Gasteiger partial charge in [0.25, 0.3) is 5.91 Å². The molecule has 0 bridgehead atoms. The molecule has 0 radical (unpaired) electrons. The van der Waals surface area contributed by atoms with Gasteiger partial charge in [0.15, 0.2) is 18.1 Å². The minimum atomic E-state index is -0.714. The zero-order chi connectivity index (χ0) is 23.7. The summed E-state index contributed by atoms with van der Waals surface area (Å²) < 4.78 is 31.1. The van der Waals surface area contributed by atoms with E-state index in [-0.39, 0.29) is 5.02 Å². The quantitative estimate of drug-likeness (QED) is 0.419. The molecule has 0 heterocycles. The first-order chi connectivity index (χ1) is 15.4. The molecule has 10 heteroatoms. The number of hydrogen-bond acceptors (Lipinski definition) is 8. The Labute approximate surface area is 190 Å². The molecule has 0 aliphatic carbocycles. The molecule has 1 amide bonds. The Bertz CT molecular complexity index is 981. The maximum atomic E-state index is 12.2. The summed E-state index contributed by atoms with van der Waals surface area (Å²) in [6.45, 7) is -0.509. The molecule has 0 atom stereocenters. The van der Waals surface area contributed by atoms with E-state index in [1.165, 1.54) is 59.8 Å². The molecular formula is C22H24ClNO8. The fourth-order valence-electron chi connectivity index (χ4n) is 2.69. The molecule has 1 N–H and O–H groups in total. The highest BCUT2D eigenvalue weighted by molar-refractivity contribution is 6.32. The summed E-state index contributed by atoms with van der Waals surface area (Å²) in [6, 6.07) is 6.34. The smallest absolute Gasteiger partial charge is 0.331 e. The standard InChI is InChI=1S/C22H24ClNO8/c1-27-16-11-17(28-2)15(10-14(16)23)24-20(25)12-32-21(26)7-6-13-8-18(29-3)22(31-5)19(9-13)30-4/h6-11H,12H2,1-5H3,(H,24,25). The Hall–Kier alpha value is -3.59. The van der Waals surface area contributed by atoms with E-state index < -0.39 is 18.5 Å². The number of halogens is 1. The maximum Gasteiger partial charge on any atom is 0.331 e. The first-order valence-electron chi connectivity index (χ1n) is 9.23. The first kappa shape index (κ1) is 24.7. The van der Waals surface area contributed by atoms with Crippen LogP contribution in [0.2, 0.25) is 5.02 Å². The average Bonchev–Trinajstić information content (AvgIpc) is 2.80. The van der Waals surface area contributed by atoms with Crippen molar-refractivity contribution in [3.63, 3.8) is 0 Å². The fourth-order valence-corrected chi connectivity index (χ4v) is 2.93. The van der Waals surface area contributed by atoms with Crippen LogP contribution in [0.4, 0.5) is 5.69 Å². The van der Waals surface area contributed by atoms with Crippen molar-refractivity contribution in [2.75, 3.05) is 47.5 Å². The van der Waals surface area contributed by atoms with Gasteiger partial charge in [-0.05, 0) is 29.8 Å². The second-order valence-corrected chi connectivity index (χ2v) is 6.54. The molecule has 2 aromatic carbocycles. The van der Waals surface area contributed by atoms with Crippen molar-refractivity contribution in [3.05, 3.63) is 40.9 Å². The van der Waals surface area contributed by atoms with E-state index in [0.29, 0.717) is 40.0 Å². The molecule has 32 heavy (non-hydrogen) atoms. The number of methoxy groups -OCH3 is 5. The van der Waals surface area contributed by atoms with Crippen LogP contribution >= 0.6 is 11.6 Å². The third kappa shape index (κ3) is 6.21. The lowest BCUT2D eigenvalue weighted by Crippen LogP contribution is -2.20. The number of rotatable bonds is 10. The van der Waals surface area contributed by atoms with Crippen LogP contribution in [-0.4, -0.2) is 54.0 Å². The third-order valence-electron chi connectivity index (χ3n) is 4.19. The van der Waals surface area contributed by atoms with Crippen molar-refractivity contribution in [1.82, 2.24) is 0 Å². The highest BCUT2D eigenvalue weighted by Crippen LogP contribution is 2.38. The largest absolute Gasteiger partial charge is 0.495 e. The molecule has 0 fully saturated rings. The molecule has 9 nitrogen and oxygen atoms in total. The normalized spacial score (nSPS) is 10.4.